The van der Waals surface area contributed by atoms with Crippen LogP contribution in [0.5, 0.6) is 0 Å². The van der Waals surface area contributed by atoms with Crippen molar-refractivity contribution >= 4 is 0 Å². The summed E-state index contributed by atoms with van der Waals surface area (Å²) in [6, 6.07) is 0. The highest BCUT2D eigenvalue weighted by Gasteiger charge is 2.01. The topological polar surface area (TPSA) is 60.7 Å². The average Bonchev–Trinajstić information content (AvgIpc) is 2.27. The second-order valence-corrected chi connectivity index (χ2v) is 4.78. The van der Waals surface area contributed by atoms with Gasteiger partial charge in [0.15, 0.2) is 0 Å². The molecule has 0 fully saturated rings. The van der Waals surface area contributed by atoms with Crippen LogP contribution in [0.4, 0.5) is 0 Å². The van der Waals surface area contributed by atoms with Crippen molar-refractivity contribution in [1.82, 2.24) is 0 Å². The van der Waals surface area contributed by atoms with Crippen molar-refractivity contribution in [3.63, 3.8) is 0 Å². The molecule has 0 amide bonds. The van der Waals surface area contributed by atoms with Crippen molar-refractivity contribution in [1.29, 1.82) is 0 Å². The molecule has 18 heavy (non-hydrogen) atoms. The van der Waals surface area contributed by atoms with E-state index < -0.39 is 6.10 Å². The van der Waals surface area contributed by atoms with Crippen LogP contribution in [0.15, 0.2) is 34.9 Å². The van der Waals surface area contributed by atoms with Gasteiger partial charge in [-0.2, -0.15) is 0 Å². The van der Waals surface area contributed by atoms with Crippen LogP contribution in [0.2, 0.25) is 0 Å². The minimum Gasteiger partial charge on any atom is -0.396 e. The van der Waals surface area contributed by atoms with E-state index in [0.29, 0.717) is 12.0 Å². The van der Waals surface area contributed by atoms with E-state index in [9.17, 15) is 5.11 Å². The molecule has 104 valence electrons. The zero-order valence-corrected chi connectivity index (χ0v) is 11.7. The predicted octanol–water partition coefficient (Wildman–Crippen LogP) is 2.34. The van der Waals surface area contributed by atoms with Gasteiger partial charge in [-0.25, -0.2) is 0 Å². The van der Waals surface area contributed by atoms with Gasteiger partial charge in [-0.3, -0.25) is 0 Å². The SMILES string of the molecule is CC(C)=CCCC(C)=CC(O)C=C(CO)CCO. The highest BCUT2D eigenvalue weighted by atomic mass is 16.3. The average molecular weight is 254 g/mol. The fourth-order valence-corrected chi connectivity index (χ4v) is 1.61. The maximum Gasteiger partial charge on any atom is 0.0908 e. The van der Waals surface area contributed by atoms with Crippen molar-refractivity contribution in [3.8, 4) is 0 Å². The quantitative estimate of drug-likeness (QED) is 0.583. The third-order valence-corrected chi connectivity index (χ3v) is 2.59. The zero-order valence-electron chi connectivity index (χ0n) is 11.7. The third-order valence-electron chi connectivity index (χ3n) is 2.59. The van der Waals surface area contributed by atoms with E-state index in [1.165, 1.54) is 5.57 Å². The first-order chi connectivity index (χ1) is 8.49. The molecule has 1 atom stereocenters. The highest BCUT2D eigenvalue weighted by Crippen LogP contribution is 2.10. The van der Waals surface area contributed by atoms with Gasteiger partial charge >= 0.3 is 0 Å². The first-order valence-electron chi connectivity index (χ1n) is 6.39. The number of rotatable bonds is 8. The van der Waals surface area contributed by atoms with Gasteiger partial charge in [0.25, 0.3) is 0 Å². The second-order valence-electron chi connectivity index (χ2n) is 4.78. The van der Waals surface area contributed by atoms with E-state index >= 15 is 0 Å². The van der Waals surface area contributed by atoms with Gasteiger partial charge in [0.05, 0.1) is 12.7 Å². The zero-order chi connectivity index (χ0) is 14.0. The van der Waals surface area contributed by atoms with Crippen molar-refractivity contribution in [3.05, 3.63) is 34.9 Å². The summed E-state index contributed by atoms with van der Waals surface area (Å²) in [6.45, 7) is 5.99. The van der Waals surface area contributed by atoms with Crippen LogP contribution in [0.1, 0.15) is 40.0 Å². The molecule has 0 aliphatic carbocycles. The molecule has 0 bridgehead atoms. The molecule has 0 heterocycles. The van der Waals surface area contributed by atoms with Gasteiger partial charge in [0.1, 0.15) is 0 Å². The molecule has 3 N–H and O–H groups in total. The molecule has 1 unspecified atom stereocenters. The van der Waals surface area contributed by atoms with E-state index in [0.717, 1.165) is 18.4 Å². The summed E-state index contributed by atoms with van der Waals surface area (Å²) >= 11 is 0. The van der Waals surface area contributed by atoms with E-state index in [1.54, 1.807) is 12.2 Å². The fourth-order valence-electron chi connectivity index (χ4n) is 1.61. The van der Waals surface area contributed by atoms with Crippen LogP contribution in [0.3, 0.4) is 0 Å². The Kier molecular flexibility index (Phi) is 9.56. The second kappa shape index (κ2) is 10.1. The Morgan fingerprint density at radius 1 is 1.06 bits per heavy atom. The third kappa shape index (κ3) is 9.16. The van der Waals surface area contributed by atoms with Gasteiger partial charge in [-0.15, -0.1) is 0 Å². The molecule has 0 aromatic heterocycles. The molecule has 0 saturated carbocycles. The predicted molar refractivity (Wildman–Crippen MR) is 75.3 cm³/mol. The summed E-state index contributed by atoms with van der Waals surface area (Å²) in [5.74, 6) is 0. The summed E-state index contributed by atoms with van der Waals surface area (Å²) in [6.07, 6.45) is 7.16. The Balaban J connectivity index is 4.33. The molecule has 0 aromatic rings. The van der Waals surface area contributed by atoms with Crippen LogP contribution in [0.25, 0.3) is 0 Å². The molecular formula is C15H26O3. The number of aliphatic hydroxyl groups is 3. The Morgan fingerprint density at radius 3 is 2.22 bits per heavy atom. The lowest BCUT2D eigenvalue weighted by molar-refractivity contribution is 0.257. The molecule has 3 heteroatoms. The van der Waals surface area contributed by atoms with Crippen LogP contribution in [0, 0.1) is 0 Å². The molecule has 3 nitrogen and oxygen atoms in total. The van der Waals surface area contributed by atoms with E-state index in [1.807, 2.05) is 6.92 Å². The maximum absolute atomic E-state index is 9.80. The lowest BCUT2D eigenvalue weighted by Gasteiger charge is -2.06. The van der Waals surface area contributed by atoms with Crippen molar-refractivity contribution < 1.29 is 15.3 Å². The van der Waals surface area contributed by atoms with E-state index in [-0.39, 0.29) is 13.2 Å². The molecule has 0 aliphatic heterocycles. The van der Waals surface area contributed by atoms with Gasteiger partial charge < -0.3 is 15.3 Å². The number of hydrogen-bond acceptors (Lipinski definition) is 3. The number of allylic oxidation sites excluding steroid dienone is 3. The van der Waals surface area contributed by atoms with E-state index in [4.69, 9.17) is 10.2 Å². The monoisotopic (exact) mass is 254 g/mol. The Hall–Kier alpha value is -0.900. The Bertz CT molecular complexity index is 310. The van der Waals surface area contributed by atoms with Gasteiger partial charge in [-0.05, 0) is 45.6 Å². The van der Waals surface area contributed by atoms with Crippen LogP contribution < -0.4 is 0 Å². The molecular weight excluding hydrogens is 228 g/mol. The largest absolute Gasteiger partial charge is 0.396 e. The number of aliphatic hydroxyl groups excluding tert-OH is 3. The van der Waals surface area contributed by atoms with E-state index in [2.05, 4.69) is 19.9 Å². The smallest absolute Gasteiger partial charge is 0.0908 e. The van der Waals surface area contributed by atoms with Crippen molar-refractivity contribution in [2.24, 2.45) is 0 Å². The van der Waals surface area contributed by atoms with Crippen LogP contribution in [-0.2, 0) is 0 Å². The maximum atomic E-state index is 9.80. The van der Waals surface area contributed by atoms with Crippen LogP contribution in [-0.4, -0.2) is 34.6 Å². The minimum atomic E-state index is -0.689. The van der Waals surface area contributed by atoms with Crippen molar-refractivity contribution in [2.45, 2.75) is 46.1 Å². The van der Waals surface area contributed by atoms with Crippen molar-refractivity contribution in [2.75, 3.05) is 13.2 Å². The highest BCUT2D eigenvalue weighted by molar-refractivity contribution is 5.14. The Morgan fingerprint density at radius 2 is 1.72 bits per heavy atom. The molecule has 0 spiro atoms. The summed E-state index contributed by atoms with van der Waals surface area (Å²) in [5, 5.41) is 27.6. The molecule has 0 aromatic carbocycles. The summed E-state index contributed by atoms with van der Waals surface area (Å²) in [4.78, 5) is 0. The first-order valence-corrected chi connectivity index (χ1v) is 6.39. The lowest BCUT2D eigenvalue weighted by atomic mass is 10.1. The summed E-state index contributed by atoms with van der Waals surface area (Å²) < 4.78 is 0. The summed E-state index contributed by atoms with van der Waals surface area (Å²) in [7, 11) is 0. The Labute approximate surface area is 110 Å². The van der Waals surface area contributed by atoms with Gasteiger partial charge in [-0.1, -0.05) is 29.4 Å². The molecule has 0 aliphatic rings. The minimum absolute atomic E-state index is 0.0115. The summed E-state index contributed by atoms with van der Waals surface area (Å²) in [5.41, 5.74) is 3.09. The number of hydrogen-bond donors (Lipinski definition) is 3. The molecule has 0 radical (unpaired) electrons. The first kappa shape index (κ1) is 17.1. The lowest BCUT2D eigenvalue weighted by Crippen LogP contribution is -2.04. The van der Waals surface area contributed by atoms with Gasteiger partial charge in [0.2, 0.25) is 0 Å². The molecule has 0 rings (SSSR count). The standard InChI is InChI=1S/C15H26O3/c1-12(2)5-4-6-13(3)9-15(18)10-14(11-17)7-8-16/h5,9-10,15-18H,4,6-8,11H2,1-3H3. The van der Waals surface area contributed by atoms with Crippen LogP contribution >= 0.6 is 0 Å². The van der Waals surface area contributed by atoms with Gasteiger partial charge in [0, 0.05) is 6.61 Å². The fraction of sp³-hybridized carbons (Fsp3) is 0.600. The normalized spacial score (nSPS) is 14.6. The molecule has 0 saturated heterocycles.